The molecule has 2 N–H and O–H groups in total. The van der Waals surface area contributed by atoms with Gasteiger partial charge in [0, 0.05) is 5.69 Å². The lowest BCUT2D eigenvalue weighted by Crippen LogP contribution is -2.41. The van der Waals surface area contributed by atoms with E-state index in [2.05, 4.69) is 10.6 Å². The molecule has 26 heavy (non-hydrogen) atoms. The van der Waals surface area contributed by atoms with E-state index >= 15 is 0 Å². The maximum atomic E-state index is 12.7. The third-order valence-corrected chi connectivity index (χ3v) is 4.20. The number of nitrogens with one attached hydrogen (secondary N) is 2. The van der Waals surface area contributed by atoms with Crippen molar-refractivity contribution >= 4 is 23.2 Å². The van der Waals surface area contributed by atoms with E-state index < -0.39 is 11.3 Å². The average molecular weight is 354 g/mol. The van der Waals surface area contributed by atoms with Crippen LogP contribution in [0.15, 0.2) is 42.5 Å². The van der Waals surface area contributed by atoms with Crippen molar-refractivity contribution in [2.45, 2.75) is 34.6 Å². The normalized spacial score (nSPS) is 11.0. The molecule has 0 radical (unpaired) electrons. The van der Waals surface area contributed by atoms with Crippen LogP contribution < -0.4 is 15.4 Å². The average Bonchev–Trinajstić information content (AvgIpc) is 2.59. The van der Waals surface area contributed by atoms with Crippen LogP contribution in [0.2, 0.25) is 0 Å². The molecule has 0 aromatic heterocycles. The van der Waals surface area contributed by atoms with Crippen LogP contribution in [0.3, 0.4) is 0 Å². The Balaban J connectivity index is 2.15. The Morgan fingerprint density at radius 2 is 1.58 bits per heavy atom. The highest BCUT2D eigenvalue weighted by Gasteiger charge is 2.36. The standard InChI is InChI=1S/C21H26N2O3/c1-6-26-18-10-8-7-9-17(18)23-20(25)21(4,5)19(24)22-16-12-11-14(2)13-15(16)3/h7-13H,6H2,1-5H3,(H,22,24)(H,23,25). The fourth-order valence-electron chi connectivity index (χ4n) is 2.47. The molecule has 0 saturated heterocycles. The maximum Gasteiger partial charge on any atom is 0.239 e. The molecular weight excluding hydrogens is 328 g/mol. The van der Waals surface area contributed by atoms with E-state index in [0.717, 1.165) is 11.1 Å². The van der Waals surface area contributed by atoms with Gasteiger partial charge in [-0.1, -0.05) is 29.8 Å². The van der Waals surface area contributed by atoms with Crippen LogP contribution in [0.1, 0.15) is 31.9 Å². The number of aryl methyl sites for hydroxylation is 2. The van der Waals surface area contributed by atoms with Gasteiger partial charge >= 0.3 is 0 Å². The van der Waals surface area contributed by atoms with Crippen LogP contribution in [-0.4, -0.2) is 18.4 Å². The van der Waals surface area contributed by atoms with Crippen LogP contribution >= 0.6 is 0 Å². The minimum Gasteiger partial charge on any atom is -0.492 e. The monoisotopic (exact) mass is 354 g/mol. The first-order valence-electron chi connectivity index (χ1n) is 8.67. The van der Waals surface area contributed by atoms with Crippen molar-refractivity contribution < 1.29 is 14.3 Å². The molecule has 0 unspecified atom stereocenters. The first kappa shape index (κ1) is 19.5. The fourth-order valence-corrected chi connectivity index (χ4v) is 2.47. The Kier molecular flexibility index (Phi) is 6.03. The topological polar surface area (TPSA) is 67.4 Å². The maximum absolute atomic E-state index is 12.7. The highest BCUT2D eigenvalue weighted by molar-refractivity contribution is 6.14. The summed E-state index contributed by atoms with van der Waals surface area (Å²) in [6.07, 6.45) is 0. The second-order valence-corrected chi connectivity index (χ2v) is 6.78. The summed E-state index contributed by atoms with van der Waals surface area (Å²) in [4.78, 5) is 25.4. The van der Waals surface area contributed by atoms with Crippen LogP contribution in [0.4, 0.5) is 11.4 Å². The van der Waals surface area contributed by atoms with Gasteiger partial charge in [0.25, 0.3) is 0 Å². The van der Waals surface area contributed by atoms with Crippen molar-refractivity contribution in [1.29, 1.82) is 0 Å². The van der Waals surface area contributed by atoms with Crippen LogP contribution in [0, 0.1) is 19.3 Å². The number of rotatable bonds is 6. The molecule has 0 heterocycles. The quantitative estimate of drug-likeness (QED) is 0.760. The van der Waals surface area contributed by atoms with E-state index in [1.807, 2.05) is 45.0 Å². The summed E-state index contributed by atoms with van der Waals surface area (Å²) >= 11 is 0. The fraction of sp³-hybridized carbons (Fsp3) is 0.333. The van der Waals surface area contributed by atoms with Gasteiger partial charge in [-0.2, -0.15) is 0 Å². The third kappa shape index (κ3) is 4.42. The number of ether oxygens (including phenoxy) is 1. The van der Waals surface area contributed by atoms with Gasteiger partial charge in [0.2, 0.25) is 11.8 Å². The van der Waals surface area contributed by atoms with E-state index in [1.54, 1.807) is 32.0 Å². The van der Waals surface area contributed by atoms with E-state index in [0.29, 0.717) is 23.7 Å². The Bertz CT molecular complexity index is 813. The molecule has 0 aliphatic rings. The molecule has 2 amide bonds. The lowest BCUT2D eigenvalue weighted by Gasteiger charge is -2.24. The molecule has 0 fully saturated rings. The molecule has 0 bridgehead atoms. The Morgan fingerprint density at radius 3 is 2.19 bits per heavy atom. The van der Waals surface area contributed by atoms with Gasteiger partial charge in [-0.15, -0.1) is 0 Å². The summed E-state index contributed by atoms with van der Waals surface area (Å²) in [7, 11) is 0. The number of anilines is 2. The molecule has 0 aliphatic heterocycles. The zero-order valence-electron chi connectivity index (χ0n) is 16.0. The van der Waals surface area contributed by atoms with Crippen molar-refractivity contribution in [3.63, 3.8) is 0 Å². The van der Waals surface area contributed by atoms with Crippen molar-refractivity contribution in [2.24, 2.45) is 5.41 Å². The third-order valence-electron chi connectivity index (χ3n) is 4.20. The van der Waals surface area contributed by atoms with Crippen LogP contribution in [-0.2, 0) is 9.59 Å². The number of carbonyl (C=O) groups excluding carboxylic acids is 2. The highest BCUT2D eigenvalue weighted by atomic mass is 16.5. The predicted octanol–water partition coefficient (Wildman–Crippen LogP) is 4.31. The lowest BCUT2D eigenvalue weighted by atomic mass is 9.90. The van der Waals surface area contributed by atoms with Gasteiger partial charge in [-0.05, 0) is 58.4 Å². The number of carbonyl (C=O) groups is 2. The molecule has 2 aromatic rings. The number of hydrogen-bond acceptors (Lipinski definition) is 3. The minimum absolute atomic E-state index is 0.365. The molecular formula is C21H26N2O3. The largest absolute Gasteiger partial charge is 0.492 e. The molecule has 0 saturated carbocycles. The van der Waals surface area contributed by atoms with Gasteiger partial charge in [0.1, 0.15) is 11.2 Å². The first-order chi connectivity index (χ1) is 12.3. The molecule has 2 rings (SSSR count). The van der Waals surface area contributed by atoms with Crippen molar-refractivity contribution in [3.05, 3.63) is 53.6 Å². The highest BCUT2D eigenvalue weighted by Crippen LogP contribution is 2.28. The molecule has 0 aliphatic carbocycles. The molecule has 5 nitrogen and oxygen atoms in total. The molecule has 2 aromatic carbocycles. The smallest absolute Gasteiger partial charge is 0.239 e. The SMILES string of the molecule is CCOc1ccccc1NC(=O)C(C)(C)C(=O)Nc1ccc(C)cc1C. The Labute approximate surface area is 154 Å². The van der Waals surface area contributed by atoms with Gasteiger partial charge < -0.3 is 15.4 Å². The van der Waals surface area contributed by atoms with E-state index in [-0.39, 0.29) is 5.91 Å². The minimum atomic E-state index is -1.25. The van der Waals surface area contributed by atoms with Crippen molar-refractivity contribution in [1.82, 2.24) is 0 Å². The number of hydrogen-bond donors (Lipinski definition) is 2. The van der Waals surface area contributed by atoms with E-state index in [1.165, 1.54) is 0 Å². The Hall–Kier alpha value is -2.82. The summed E-state index contributed by atoms with van der Waals surface area (Å²) in [6, 6.07) is 12.9. The summed E-state index contributed by atoms with van der Waals surface area (Å²) < 4.78 is 5.52. The molecule has 0 atom stereocenters. The number of benzene rings is 2. The summed E-state index contributed by atoms with van der Waals surface area (Å²) in [5, 5.41) is 5.65. The molecule has 0 spiro atoms. The molecule has 138 valence electrons. The Morgan fingerprint density at radius 1 is 0.962 bits per heavy atom. The number of amides is 2. The second kappa shape index (κ2) is 8.04. The predicted molar refractivity (Wildman–Crippen MR) is 105 cm³/mol. The van der Waals surface area contributed by atoms with Gasteiger partial charge in [-0.25, -0.2) is 0 Å². The first-order valence-corrected chi connectivity index (χ1v) is 8.67. The van der Waals surface area contributed by atoms with E-state index in [9.17, 15) is 9.59 Å². The zero-order valence-corrected chi connectivity index (χ0v) is 16.0. The summed E-state index contributed by atoms with van der Waals surface area (Å²) in [6.45, 7) is 9.48. The zero-order chi connectivity index (χ0) is 19.3. The lowest BCUT2D eigenvalue weighted by molar-refractivity contribution is -0.135. The second-order valence-electron chi connectivity index (χ2n) is 6.78. The number of para-hydroxylation sites is 2. The van der Waals surface area contributed by atoms with Crippen molar-refractivity contribution in [3.8, 4) is 5.75 Å². The van der Waals surface area contributed by atoms with Crippen LogP contribution in [0.5, 0.6) is 5.75 Å². The summed E-state index contributed by atoms with van der Waals surface area (Å²) in [5.41, 5.74) is 2.07. The van der Waals surface area contributed by atoms with Gasteiger partial charge in [0.05, 0.1) is 12.3 Å². The van der Waals surface area contributed by atoms with Crippen molar-refractivity contribution in [2.75, 3.05) is 17.2 Å². The summed E-state index contributed by atoms with van der Waals surface area (Å²) in [5.74, 6) is -0.184. The molecule has 5 heteroatoms. The van der Waals surface area contributed by atoms with Crippen LogP contribution in [0.25, 0.3) is 0 Å². The van der Waals surface area contributed by atoms with E-state index in [4.69, 9.17) is 4.74 Å². The van der Waals surface area contributed by atoms with Gasteiger partial charge in [0.15, 0.2) is 0 Å². The van der Waals surface area contributed by atoms with Gasteiger partial charge in [-0.3, -0.25) is 9.59 Å².